The summed E-state index contributed by atoms with van der Waals surface area (Å²) in [6, 6.07) is 7.71. The summed E-state index contributed by atoms with van der Waals surface area (Å²) in [5.74, 6) is 2.48. The van der Waals surface area contributed by atoms with Gasteiger partial charge in [0.05, 0.1) is 0 Å². The molecular weight excluding hydrogens is 246 g/mol. The first kappa shape index (κ1) is 11.6. The second-order valence-electron chi connectivity index (χ2n) is 4.73. The highest BCUT2D eigenvalue weighted by Crippen LogP contribution is 2.42. The van der Waals surface area contributed by atoms with Gasteiger partial charge in [-0.05, 0) is 31.9 Å². The maximum absolute atomic E-state index is 6.22. The standard InChI is InChI=1S/C14H16ClN3/c1-2-18-13(16)12(17-14(18)9-6-7-9)10-4-3-5-11(15)8-10/h3-5,8-9H,2,6-7,16H2,1H3. The molecule has 3 rings (SSSR count). The fourth-order valence-electron chi connectivity index (χ4n) is 2.32. The molecule has 1 aromatic carbocycles. The number of nitrogens with zero attached hydrogens (tertiary/aromatic N) is 2. The summed E-state index contributed by atoms with van der Waals surface area (Å²) < 4.78 is 2.12. The first-order valence-electron chi connectivity index (χ1n) is 6.32. The van der Waals surface area contributed by atoms with Crippen LogP contribution in [0.1, 0.15) is 31.5 Å². The van der Waals surface area contributed by atoms with Crippen molar-refractivity contribution >= 4 is 17.4 Å². The molecule has 1 aliphatic carbocycles. The van der Waals surface area contributed by atoms with E-state index in [0.29, 0.717) is 10.9 Å². The van der Waals surface area contributed by atoms with Crippen LogP contribution in [0.15, 0.2) is 24.3 Å². The van der Waals surface area contributed by atoms with Gasteiger partial charge in [0.1, 0.15) is 17.3 Å². The van der Waals surface area contributed by atoms with Gasteiger partial charge in [-0.15, -0.1) is 0 Å². The van der Waals surface area contributed by atoms with Crippen molar-refractivity contribution in [3.63, 3.8) is 0 Å². The van der Waals surface area contributed by atoms with Crippen molar-refractivity contribution in [2.45, 2.75) is 32.2 Å². The highest BCUT2D eigenvalue weighted by atomic mass is 35.5. The summed E-state index contributed by atoms with van der Waals surface area (Å²) in [5.41, 5.74) is 8.08. The third-order valence-electron chi connectivity index (χ3n) is 3.39. The number of hydrogen-bond donors (Lipinski definition) is 1. The average molecular weight is 262 g/mol. The van der Waals surface area contributed by atoms with Crippen LogP contribution in [0, 0.1) is 0 Å². The van der Waals surface area contributed by atoms with Crippen molar-refractivity contribution in [3.05, 3.63) is 35.1 Å². The van der Waals surface area contributed by atoms with Crippen molar-refractivity contribution < 1.29 is 0 Å². The number of rotatable bonds is 3. The molecule has 1 fully saturated rings. The summed E-state index contributed by atoms with van der Waals surface area (Å²) >= 11 is 6.03. The van der Waals surface area contributed by atoms with Crippen LogP contribution in [0.25, 0.3) is 11.3 Å². The summed E-state index contributed by atoms with van der Waals surface area (Å²) in [6.45, 7) is 2.97. The van der Waals surface area contributed by atoms with E-state index in [4.69, 9.17) is 22.3 Å². The second kappa shape index (κ2) is 4.32. The average Bonchev–Trinajstić information content (AvgIpc) is 3.13. The van der Waals surface area contributed by atoms with Gasteiger partial charge in [-0.3, -0.25) is 0 Å². The largest absolute Gasteiger partial charge is 0.383 e. The third kappa shape index (κ3) is 1.89. The van der Waals surface area contributed by atoms with Crippen LogP contribution < -0.4 is 5.73 Å². The Balaban J connectivity index is 2.12. The monoisotopic (exact) mass is 261 g/mol. The van der Waals surface area contributed by atoms with E-state index >= 15 is 0 Å². The number of halogens is 1. The molecule has 0 bridgehead atoms. The lowest BCUT2D eigenvalue weighted by Gasteiger charge is -2.05. The molecule has 94 valence electrons. The van der Waals surface area contributed by atoms with Crippen molar-refractivity contribution in [1.82, 2.24) is 9.55 Å². The number of anilines is 1. The summed E-state index contributed by atoms with van der Waals surface area (Å²) in [4.78, 5) is 4.73. The third-order valence-corrected chi connectivity index (χ3v) is 3.63. The molecule has 1 aromatic heterocycles. The number of nitrogen functional groups attached to an aromatic ring is 1. The molecule has 0 spiro atoms. The van der Waals surface area contributed by atoms with Crippen molar-refractivity contribution in [1.29, 1.82) is 0 Å². The molecule has 1 heterocycles. The molecule has 0 aliphatic heterocycles. The van der Waals surface area contributed by atoms with Gasteiger partial charge in [-0.1, -0.05) is 23.7 Å². The maximum Gasteiger partial charge on any atom is 0.131 e. The van der Waals surface area contributed by atoms with Gasteiger partial charge in [0, 0.05) is 23.0 Å². The van der Waals surface area contributed by atoms with Gasteiger partial charge in [0.2, 0.25) is 0 Å². The minimum absolute atomic E-state index is 0.597. The minimum Gasteiger partial charge on any atom is -0.383 e. The van der Waals surface area contributed by atoms with Gasteiger partial charge < -0.3 is 10.3 Å². The van der Waals surface area contributed by atoms with Crippen molar-refractivity contribution in [2.75, 3.05) is 5.73 Å². The number of hydrogen-bond acceptors (Lipinski definition) is 2. The zero-order chi connectivity index (χ0) is 12.7. The molecule has 0 amide bonds. The molecule has 0 unspecified atom stereocenters. The van der Waals surface area contributed by atoms with E-state index in [1.807, 2.05) is 24.3 Å². The predicted molar refractivity (Wildman–Crippen MR) is 74.7 cm³/mol. The van der Waals surface area contributed by atoms with Gasteiger partial charge in [-0.2, -0.15) is 0 Å². The van der Waals surface area contributed by atoms with E-state index in [2.05, 4.69) is 11.5 Å². The Hall–Kier alpha value is -1.48. The molecular formula is C14H16ClN3. The molecule has 0 radical (unpaired) electrons. The van der Waals surface area contributed by atoms with Crippen LogP contribution in [0.5, 0.6) is 0 Å². The minimum atomic E-state index is 0.597. The zero-order valence-corrected chi connectivity index (χ0v) is 11.1. The molecule has 0 atom stereocenters. The number of benzene rings is 1. The first-order chi connectivity index (χ1) is 8.70. The number of imidazole rings is 1. The van der Waals surface area contributed by atoms with Crippen LogP contribution in [0.2, 0.25) is 5.02 Å². The SMILES string of the molecule is CCn1c(C2CC2)nc(-c2cccc(Cl)c2)c1N. The fourth-order valence-corrected chi connectivity index (χ4v) is 2.51. The van der Waals surface area contributed by atoms with Crippen LogP contribution >= 0.6 is 11.6 Å². The van der Waals surface area contributed by atoms with E-state index in [9.17, 15) is 0 Å². The highest BCUT2D eigenvalue weighted by Gasteiger charge is 2.30. The molecule has 1 aliphatic rings. The fraction of sp³-hybridized carbons (Fsp3) is 0.357. The van der Waals surface area contributed by atoms with Gasteiger partial charge in [-0.25, -0.2) is 4.98 Å². The van der Waals surface area contributed by atoms with E-state index in [1.54, 1.807) is 0 Å². The van der Waals surface area contributed by atoms with Crippen molar-refractivity contribution in [2.24, 2.45) is 0 Å². The highest BCUT2D eigenvalue weighted by molar-refractivity contribution is 6.30. The lowest BCUT2D eigenvalue weighted by molar-refractivity contribution is 0.708. The molecule has 2 aromatic rings. The van der Waals surface area contributed by atoms with Crippen LogP contribution in [0.3, 0.4) is 0 Å². The quantitative estimate of drug-likeness (QED) is 0.916. The molecule has 0 saturated heterocycles. The van der Waals surface area contributed by atoms with E-state index in [-0.39, 0.29) is 0 Å². The summed E-state index contributed by atoms with van der Waals surface area (Å²) in [7, 11) is 0. The molecule has 2 N–H and O–H groups in total. The lowest BCUT2D eigenvalue weighted by atomic mass is 10.1. The van der Waals surface area contributed by atoms with Gasteiger partial charge in [0.15, 0.2) is 0 Å². The topological polar surface area (TPSA) is 43.8 Å². The molecule has 1 saturated carbocycles. The molecule has 3 nitrogen and oxygen atoms in total. The Bertz CT molecular complexity index is 585. The van der Waals surface area contributed by atoms with Crippen LogP contribution in [-0.2, 0) is 6.54 Å². The zero-order valence-electron chi connectivity index (χ0n) is 10.4. The lowest BCUT2D eigenvalue weighted by Crippen LogP contribution is -2.04. The number of nitrogens with two attached hydrogens (primary N) is 1. The Morgan fingerprint density at radius 2 is 2.22 bits per heavy atom. The Morgan fingerprint density at radius 3 is 2.83 bits per heavy atom. The van der Waals surface area contributed by atoms with E-state index < -0.39 is 0 Å². The second-order valence-corrected chi connectivity index (χ2v) is 5.17. The van der Waals surface area contributed by atoms with Gasteiger partial charge >= 0.3 is 0 Å². The molecule has 18 heavy (non-hydrogen) atoms. The smallest absolute Gasteiger partial charge is 0.131 e. The predicted octanol–water partition coefficient (Wildman–Crippen LogP) is 3.68. The number of aromatic nitrogens is 2. The van der Waals surface area contributed by atoms with Gasteiger partial charge in [0.25, 0.3) is 0 Å². The van der Waals surface area contributed by atoms with Crippen molar-refractivity contribution in [3.8, 4) is 11.3 Å². The Morgan fingerprint density at radius 1 is 1.44 bits per heavy atom. The normalized spacial score (nSPS) is 15.0. The van der Waals surface area contributed by atoms with E-state index in [0.717, 1.165) is 29.4 Å². The maximum atomic E-state index is 6.22. The molecule has 4 heteroatoms. The Labute approximate surface area is 112 Å². The summed E-state index contributed by atoms with van der Waals surface area (Å²) in [5, 5.41) is 0.714. The Kier molecular flexibility index (Phi) is 2.78. The van der Waals surface area contributed by atoms with Crippen LogP contribution in [0.4, 0.5) is 5.82 Å². The summed E-state index contributed by atoms with van der Waals surface area (Å²) in [6.07, 6.45) is 2.46. The first-order valence-corrected chi connectivity index (χ1v) is 6.70. The van der Waals surface area contributed by atoms with Crippen LogP contribution in [-0.4, -0.2) is 9.55 Å². The van der Waals surface area contributed by atoms with E-state index in [1.165, 1.54) is 12.8 Å².